The molecule has 0 spiro atoms. The summed E-state index contributed by atoms with van der Waals surface area (Å²) in [6.45, 7) is 0.225. The number of rotatable bonds is 4. The number of fused-ring (bicyclic) bond motifs is 2. The molecule has 1 aliphatic rings. The summed E-state index contributed by atoms with van der Waals surface area (Å²) in [5, 5.41) is 17.1. The van der Waals surface area contributed by atoms with Crippen molar-refractivity contribution in [2.45, 2.75) is 0 Å². The maximum absolute atomic E-state index is 11.4. The van der Waals surface area contributed by atoms with Crippen molar-refractivity contribution in [2.75, 3.05) is 13.9 Å². The van der Waals surface area contributed by atoms with Gasteiger partial charge in [-0.3, -0.25) is 5.10 Å². The molecule has 1 aliphatic heterocycles. The molecule has 0 fully saturated rings. The predicted octanol–water partition coefficient (Wildman–Crippen LogP) is 3.17. The maximum atomic E-state index is 11.4. The lowest BCUT2D eigenvalue weighted by Crippen LogP contribution is -2.00. The minimum Gasteiger partial charge on any atom is -0.495 e. The summed E-state index contributed by atoms with van der Waals surface area (Å²) in [6.07, 6.45) is 3.70. The summed E-state index contributed by atoms with van der Waals surface area (Å²) in [7, 11) is 1.44. The number of methoxy groups -OCH3 is 1. The fourth-order valence-corrected chi connectivity index (χ4v) is 2.80. The fourth-order valence-electron chi connectivity index (χ4n) is 2.80. The highest BCUT2D eigenvalue weighted by atomic mass is 16.7. The van der Waals surface area contributed by atoms with E-state index in [1.165, 1.54) is 13.2 Å². The first-order chi connectivity index (χ1) is 12.2. The quantitative estimate of drug-likeness (QED) is 0.759. The van der Waals surface area contributed by atoms with Crippen molar-refractivity contribution in [1.82, 2.24) is 10.2 Å². The minimum atomic E-state index is -1.05. The molecule has 0 saturated carbocycles. The van der Waals surface area contributed by atoms with Gasteiger partial charge in [-0.15, -0.1) is 0 Å². The van der Waals surface area contributed by atoms with E-state index in [1.54, 1.807) is 6.07 Å². The zero-order valence-corrected chi connectivity index (χ0v) is 13.3. The number of aromatic amines is 1. The van der Waals surface area contributed by atoms with Crippen LogP contribution in [-0.4, -0.2) is 35.2 Å². The van der Waals surface area contributed by atoms with Gasteiger partial charge in [-0.1, -0.05) is 12.1 Å². The lowest BCUT2D eigenvalue weighted by atomic mass is 10.1. The molecule has 7 nitrogen and oxygen atoms in total. The van der Waals surface area contributed by atoms with E-state index >= 15 is 0 Å². The monoisotopic (exact) mass is 338 g/mol. The van der Waals surface area contributed by atoms with Gasteiger partial charge in [0, 0.05) is 0 Å². The first kappa shape index (κ1) is 15.1. The molecule has 2 aromatic carbocycles. The van der Waals surface area contributed by atoms with Gasteiger partial charge in [0.15, 0.2) is 11.5 Å². The number of hydrogen-bond donors (Lipinski definition) is 2. The Morgan fingerprint density at radius 1 is 1.24 bits per heavy atom. The Hall–Kier alpha value is -3.48. The third kappa shape index (κ3) is 2.55. The maximum Gasteiger partial charge on any atom is 0.339 e. The summed E-state index contributed by atoms with van der Waals surface area (Å²) in [5.74, 6) is 0.647. The first-order valence-electron chi connectivity index (χ1n) is 7.53. The molecule has 126 valence electrons. The minimum absolute atomic E-state index is 0.0918. The van der Waals surface area contributed by atoms with Crippen LogP contribution in [0.25, 0.3) is 23.1 Å². The summed E-state index contributed by atoms with van der Waals surface area (Å²) >= 11 is 0. The average molecular weight is 338 g/mol. The van der Waals surface area contributed by atoms with Crippen LogP contribution < -0.4 is 14.2 Å². The van der Waals surface area contributed by atoms with E-state index in [0.717, 1.165) is 11.3 Å². The zero-order chi connectivity index (χ0) is 17.4. The molecule has 0 aliphatic carbocycles. The Morgan fingerprint density at radius 2 is 2.08 bits per heavy atom. The Kier molecular flexibility index (Phi) is 3.53. The summed E-state index contributed by atoms with van der Waals surface area (Å²) < 4.78 is 16.0. The number of benzene rings is 2. The van der Waals surface area contributed by atoms with E-state index in [0.29, 0.717) is 22.3 Å². The molecule has 0 amide bonds. The molecule has 2 N–H and O–H groups in total. The largest absolute Gasteiger partial charge is 0.495 e. The van der Waals surface area contributed by atoms with E-state index < -0.39 is 5.97 Å². The third-order valence-electron chi connectivity index (χ3n) is 3.98. The van der Waals surface area contributed by atoms with Crippen molar-refractivity contribution in [2.24, 2.45) is 0 Å². The molecule has 0 saturated heterocycles. The number of aromatic nitrogens is 2. The number of aromatic carboxylic acids is 1. The summed E-state index contributed by atoms with van der Waals surface area (Å²) in [5.41, 5.74) is 2.30. The van der Waals surface area contributed by atoms with E-state index in [4.69, 9.17) is 14.2 Å². The van der Waals surface area contributed by atoms with Crippen LogP contribution in [0.15, 0.2) is 30.3 Å². The van der Waals surface area contributed by atoms with Gasteiger partial charge in [0.2, 0.25) is 6.79 Å². The Balaban J connectivity index is 1.76. The highest BCUT2D eigenvalue weighted by Crippen LogP contribution is 2.34. The number of nitrogens with zero attached hydrogens (tertiary/aromatic N) is 1. The van der Waals surface area contributed by atoms with Crippen LogP contribution >= 0.6 is 0 Å². The highest BCUT2D eigenvalue weighted by molar-refractivity contribution is 6.02. The third-order valence-corrected chi connectivity index (χ3v) is 3.98. The van der Waals surface area contributed by atoms with Crippen molar-refractivity contribution in [1.29, 1.82) is 0 Å². The van der Waals surface area contributed by atoms with E-state index in [9.17, 15) is 9.90 Å². The molecule has 4 rings (SSSR count). The van der Waals surface area contributed by atoms with Crippen LogP contribution in [0.3, 0.4) is 0 Å². The van der Waals surface area contributed by atoms with Crippen molar-refractivity contribution >= 4 is 29.0 Å². The zero-order valence-electron chi connectivity index (χ0n) is 13.3. The predicted molar refractivity (Wildman–Crippen MR) is 91.1 cm³/mol. The van der Waals surface area contributed by atoms with Gasteiger partial charge in [0.25, 0.3) is 0 Å². The van der Waals surface area contributed by atoms with E-state index in [1.807, 2.05) is 30.4 Å². The molecular formula is C18H14N2O5. The van der Waals surface area contributed by atoms with Gasteiger partial charge in [-0.2, -0.15) is 5.10 Å². The topological polar surface area (TPSA) is 93.7 Å². The number of carbonyl (C=O) groups is 1. The number of nitrogens with one attached hydrogen (secondary N) is 1. The average Bonchev–Trinajstić information content (AvgIpc) is 3.25. The summed E-state index contributed by atoms with van der Waals surface area (Å²) in [6, 6.07) is 8.75. The van der Waals surface area contributed by atoms with Crippen LogP contribution in [-0.2, 0) is 0 Å². The van der Waals surface area contributed by atoms with Gasteiger partial charge < -0.3 is 19.3 Å². The molecule has 0 bridgehead atoms. The Labute approximate surface area is 142 Å². The Bertz CT molecular complexity index is 1010. The highest BCUT2D eigenvalue weighted by Gasteiger charge is 2.18. The molecule has 25 heavy (non-hydrogen) atoms. The fraction of sp³-hybridized carbons (Fsp3) is 0.111. The first-order valence-corrected chi connectivity index (χ1v) is 7.53. The second kappa shape index (κ2) is 5.86. The Morgan fingerprint density at radius 3 is 2.88 bits per heavy atom. The van der Waals surface area contributed by atoms with Gasteiger partial charge in [-0.25, -0.2) is 4.79 Å². The standard InChI is InChI=1S/C18H14N2O5/c1-23-17-11(18(21)22)4-6-13-16(17)12(19-20-13)5-2-10-3-7-14-15(8-10)25-9-24-14/h2-8H,9H2,1H3,(H,19,20)(H,21,22)/b5-2+. The number of carboxylic acid groups (broad SMARTS) is 1. The second-order valence-electron chi connectivity index (χ2n) is 5.43. The molecule has 3 aromatic rings. The molecule has 2 heterocycles. The molecule has 0 radical (unpaired) electrons. The molecule has 0 unspecified atom stereocenters. The van der Waals surface area contributed by atoms with Crippen LogP contribution in [0.4, 0.5) is 0 Å². The second-order valence-corrected chi connectivity index (χ2v) is 5.43. The lowest BCUT2D eigenvalue weighted by molar-refractivity contribution is 0.0693. The van der Waals surface area contributed by atoms with E-state index in [-0.39, 0.29) is 18.1 Å². The normalized spacial score (nSPS) is 12.8. The smallest absolute Gasteiger partial charge is 0.339 e. The molecule has 7 heteroatoms. The summed E-state index contributed by atoms with van der Waals surface area (Å²) in [4.78, 5) is 11.4. The van der Waals surface area contributed by atoms with Crippen LogP contribution in [0, 0.1) is 0 Å². The van der Waals surface area contributed by atoms with E-state index in [2.05, 4.69) is 10.2 Å². The van der Waals surface area contributed by atoms with Crippen LogP contribution in [0.2, 0.25) is 0 Å². The molecular weight excluding hydrogens is 324 g/mol. The van der Waals surface area contributed by atoms with Crippen molar-refractivity contribution in [3.63, 3.8) is 0 Å². The molecule has 0 atom stereocenters. The number of hydrogen-bond acceptors (Lipinski definition) is 5. The van der Waals surface area contributed by atoms with Crippen LogP contribution in [0.5, 0.6) is 17.2 Å². The number of carboxylic acids is 1. The number of ether oxygens (including phenoxy) is 3. The van der Waals surface area contributed by atoms with Crippen molar-refractivity contribution in [3.8, 4) is 17.2 Å². The van der Waals surface area contributed by atoms with Crippen molar-refractivity contribution < 1.29 is 24.1 Å². The van der Waals surface area contributed by atoms with Gasteiger partial charge >= 0.3 is 5.97 Å². The van der Waals surface area contributed by atoms with Gasteiger partial charge in [0.05, 0.1) is 23.7 Å². The lowest BCUT2D eigenvalue weighted by Gasteiger charge is -2.06. The van der Waals surface area contributed by atoms with Crippen LogP contribution in [0.1, 0.15) is 21.6 Å². The van der Waals surface area contributed by atoms with Crippen molar-refractivity contribution in [3.05, 3.63) is 47.2 Å². The SMILES string of the molecule is COc1c(C(=O)O)ccc2n[nH]c(/C=C/c3ccc4c(c3)OCO4)c12. The van der Waals surface area contributed by atoms with Gasteiger partial charge in [0.1, 0.15) is 11.3 Å². The number of H-pyrrole nitrogens is 1. The molecule has 1 aromatic heterocycles. The van der Waals surface area contributed by atoms with Gasteiger partial charge in [-0.05, 0) is 35.9 Å².